The highest BCUT2D eigenvalue weighted by Gasteiger charge is 2.28. The molecule has 200 valence electrons. The first kappa shape index (κ1) is 29.0. The van der Waals surface area contributed by atoms with E-state index in [1.807, 2.05) is 0 Å². The van der Waals surface area contributed by atoms with Crippen LogP contribution in [0.15, 0.2) is 48.5 Å². The quantitative estimate of drug-likeness (QED) is 0.233. The Kier molecular flexibility index (Phi) is 13.1. The van der Waals surface area contributed by atoms with Crippen molar-refractivity contribution in [1.82, 2.24) is 5.32 Å². The van der Waals surface area contributed by atoms with Crippen molar-refractivity contribution in [3.8, 4) is 0 Å². The van der Waals surface area contributed by atoms with Gasteiger partial charge in [-0.2, -0.15) is 0 Å². The van der Waals surface area contributed by atoms with Crippen LogP contribution in [0.25, 0.3) is 0 Å². The summed E-state index contributed by atoms with van der Waals surface area (Å²) in [6.45, 7) is 10.4. The van der Waals surface area contributed by atoms with Crippen molar-refractivity contribution in [3.63, 3.8) is 0 Å². The van der Waals surface area contributed by atoms with Crippen LogP contribution >= 0.6 is 0 Å². The number of hydrogen-bond acceptors (Lipinski definition) is 1. The van der Waals surface area contributed by atoms with E-state index in [2.05, 4.69) is 81.5 Å². The maximum atomic E-state index is 3.84. The molecule has 1 heterocycles. The van der Waals surface area contributed by atoms with Gasteiger partial charge in [0.1, 0.15) is 0 Å². The Labute approximate surface area is 223 Å². The van der Waals surface area contributed by atoms with Gasteiger partial charge in [-0.15, -0.1) is 0 Å². The van der Waals surface area contributed by atoms with Gasteiger partial charge in [-0.3, -0.25) is 0 Å². The fourth-order valence-corrected chi connectivity index (χ4v) is 6.36. The van der Waals surface area contributed by atoms with E-state index in [1.165, 1.54) is 101 Å². The van der Waals surface area contributed by atoms with Crippen molar-refractivity contribution in [2.75, 3.05) is 6.54 Å². The van der Waals surface area contributed by atoms with E-state index < -0.39 is 0 Å². The van der Waals surface area contributed by atoms with Crippen LogP contribution < -0.4 is 5.32 Å². The molecule has 0 bridgehead atoms. The molecule has 0 spiro atoms. The molecular weight excluding hydrogens is 434 g/mol. The van der Waals surface area contributed by atoms with Gasteiger partial charge in [-0.05, 0) is 79.2 Å². The summed E-state index contributed by atoms with van der Waals surface area (Å²) in [6, 6.07) is 20.3. The van der Waals surface area contributed by atoms with Crippen molar-refractivity contribution < 1.29 is 0 Å². The number of rotatable bonds is 17. The van der Waals surface area contributed by atoms with E-state index in [0.717, 1.165) is 18.4 Å². The normalized spacial score (nSPS) is 16.0. The Balaban J connectivity index is 1.82. The summed E-state index contributed by atoms with van der Waals surface area (Å²) < 4.78 is 0. The summed E-state index contributed by atoms with van der Waals surface area (Å²) in [5.41, 5.74) is 6.10. The molecular formula is C35H55N. The van der Waals surface area contributed by atoms with Crippen LogP contribution in [0.3, 0.4) is 0 Å². The molecule has 2 aromatic carbocycles. The fourth-order valence-electron chi connectivity index (χ4n) is 6.36. The van der Waals surface area contributed by atoms with Gasteiger partial charge in [0.05, 0.1) is 0 Å². The van der Waals surface area contributed by atoms with Crippen LogP contribution in [0.2, 0.25) is 0 Å². The Bertz CT molecular complexity index is 735. The number of hydrogen-bond donors (Lipinski definition) is 1. The smallest absolute Gasteiger partial charge is 0.0243 e. The SMILES string of the molecule is CCCCC(CCCC)c1ccc(C(c2ccc(C(CCCC)CCCC)cc2)[C@@H]2CCCN2)cc1. The van der Waals surface area contributed by atoms with Gasteiger partial charge in [0.2, 0.25) is 0 Å². The van der Waals surface area contributed by atoms with E-state index in [1.54, 1.807) is 11.1 Å². The minimum atomic E-state index is 0.449. The predicted molar refractivity (Wildman–Crippen MR) is 159 cm³/mol. The minimum absolute atomic E-state index is 0.449. The molecule has 1 saturated heterocycles. The maximum Gasteiger partial charge on any atom is 0.0243 e. The van der Waals surface area contributed by atoms with Crippen LogP contribution in [0.5, 0.6) is 0 Å². The van der Waals surface area contributed by atoms with Gasteiger partial charge in [-0.1, -0.05) is 128 Å². The summed E-state index contributed by atoms with van der Waals surface area (Å²) in [5, 5.41) is 3.84. The Morgan fingerprint density at radius 1 is 0.583 bits per heavy atom. The number of unbranched alkanes of at least 4 members (excludes halogenated alkanes) is 4. The lowest BCUT2D eigenvalue weighted by molar-refractivity contribution is 0.521. The molecule has 1 N–H and O–H groups in total. The third kappa shape index (κ3) is 8.47. The molecule has 0 radical (unpaired) electrons. The zero-order chi connectivity index (χ0) is 25.6. The molecule has 2 aromatic rings. The lowest BCUT2D eigenvalue weighted by Gasteiger charge is -2.27. The highest BCUT2D eigenvalue weighted by Crippen LogP contribution is 2.36. The molecule has 0 unspecified atom stereocenters. The zero-order valence-electron chi connectivity index (χ0n) is 24.0. The van der Waals surface area contributed by atoms with Crippen LogP contribution in [-0.2, 0) is 0 Å². The predicted octanol–water partition coefficient (Wildman–Crippen LogP) is 10.5. The first-order valence-electron chi connectivity index (χ1n) is 15.6. The number of nitrogens with one attached hydrogen (secondary N) is 1. The van der Waals surface area contributed by atoms with Crippen LogP contribution in [0.4, 0.5) is 0 Å². The maximum absolute atomic E-state index is 3.84. The third-order valence-electron chi connectivity index (χ3n) is 8.66. The monoisotopic (exact) mass is 489 g/mol. The molecule has 1 aliphatic heterocycles. The van der Waals surface area contributed by atoms with Gasteiger partial charge < -0.3 is 5.32 Å². The van der Waals surface area contributed by atoms with Crippen molar-refractivity contribution in [2.45, 2.75) is 141 Å². The van der Waals surface area contributed by atoms with E-state index in [0.29, 0.717) is 12.0 Å². The summed E-state index contributed by atoms with van der Waals surface area (Å²) in [5.74, 6) is 1.90. The standard InChI is InChI=1S/C35H55N/c1-5-9-14-28(15-10-6-2)30-19-23-32(24-20-30)35(34-18-13-27-36-34)33-25-21-31(22-26-33)29(16-11-7-3)17-12-8-4/h19-26,28-29,34-36H,5-18,27H2,1-4H3/t34-/m0/s1. The lowest BCUT2D eigenvalue weighted by Crippen LogP contribution is -2.29. The first-order chi connectivity index (χ1) is 17.7. The molecule has 1 fully saturated rings. The van der Waals surface area contributed by atoms with Crippen LogP contribution in [0.1, 0.15) is 158 Å². The molecule has 1 heteroatoms. The fraction of sp³-hybridized carbons (Fsp3) is 0.657. The summed E-state index contributed by atoms with van der Waals surface area (Å²) in [7, 11) is 0. The van der Waals surface area contributed by atoms with Crippen LogP contribution in [0, 0.1) is 0 Å². The van der Waals surface area contributed by atoms with E-state index in [9.17, 15) is 0 Å². The van der Waals surface area contributed by atoms with E-state index in [4.69, 9.17) is 0 Å². The second kappa shape index (κ2) is 16.3. The molecule has 0 saturated carbocycles. The van der Waals surface area contributed by atoms with Crippen molar-refractivity contribution in [3.05, 3.63) is 70.8 Å². The average Bonchev–Trinajstić information content (AvgIpc) is 3.45. The van der Waals surface area contributed by atoms with Crippen molar-refractivity contribution in [1.29, 1.82) is 0 Å². The second-order valence-corrected chi connectivity index (χ2v) is 11.5. The highest BCUT2D eigenvalue weighted by atomic mass is 14.9. The van der Waals surface area contributed by atoms with Gasteiger partial charge in [0.15, 0.2) is 0 Å². The average molecular weight is 490 g/mol. The van der Waals surface area contributed by atoms with Gasteiger partial charge in [0, 0.05) is 12.0 Å². The topological polar surface area (TPSA) is 12.0 Å². The largest absolute Gasteiger partial charge is 0.313 e. The van der Waals surface area contributed by atoms with Gasteiger partial charge >= 0.3 is 0 Å². The minimum Gasteiger partial charge on any atom is -0.313 e. The van der Waals surface area contributed by atoms with Crippen LogP contribution in [-0.4, -0.2) is 12.6 Å². The molecule has 36 heavy (non-hydrogen) atoms. The molecule has 1 aliphatic rings. The molecule has 0 amide bonds. The number of benzene rings is 2. The summed E-state index contributed by atoms with van der Waals surface area (Å²) in [4.78, 5) is 0. The third-order valence-corrected chi connectivity index (χ3v) is 8.66. The summed E-state index contributed by atoms with van der Waals surface area (Å²) in [6.07, 6.45) is 18.5. The van der Waals surface area contributed by atoms with Gasteiger partial charge in [0.25, 0.3) is 0 Å². The Morgan fingerprint density at radius 2 is 0.944 bits per heavy atom. The highest BCUT2D eigenvalue weighted by molar-refractivity contribution is 5.39. The van der Waals surface area contributed by atoms with E-state index in [-0.39, 0.29) is 0 Å². The molecule has 1 atom stereocenters. The van der Waals surface area contributed by atoms with Gasteiger partial charge in [-0.25, -0.2) is 0 Å². The van der Waals surface area contributed by atoms with E-state index >= 15 is 0 Å². The Morgan fingerprint density at radius 3 is 1.25 bits per heavy atom. The zero-order valence-corrected chi connectivity index (χ0v) is 24.0. The van der Waals surface area contributed by atoms with Crippen molar-refractivity contribution >= 4 is 0 Å². The molecule has 0 aromatic heterocycles. The molecule has 0 aliphatic carbocycles. The van der Waals surface area contributed by atoms with Crippen molar-refractivity contribution in [2.24, 2.45) is 0 Å². The molecule has 3 rings (SSSR count). The molecule has 1 nitrogen and oxygen atoms in total. The summed E-state index contributed by atoms with van der Waals surface area (Å²) >= 11 is 0. The lowest BCUT2D eigenvalue weighted by atomic mass is 9.81. The second-order valence-electron chi connectivity index (χ2n) is 11.5. The Hall–Kier alpha value is -1.60. The first-order valence-corrected chi connectivity index (χ1v) is 15.6.